The van der Waals surface area contributed by atoms with Crippen LogP contribution in [0.4, 0.5) is 11.4 Å². The second-order valence-electron chi connectivity index (χ2n) is 4.49. The van der Waals surface area contributed by atoms with Gasteiger partial charge in [0.2, 0.25) is 5.91 Å². The van der Waals surface area contributed by atoms with Gasteiger partial charge in [-0.05, 0) is 30.3 Å². The number of benzene rings is 2. The largest absolute Gasteiger partial charge is 0.324 e. The molecule has 106 valence electrons. The van der Waals surface area contributed by atoms with E-state index in [1.165, 1.54) is 11.8 Å². The lowest BCUT2D eigenvalue weighted by Gasteiger charge is -2.17. The summed E-state index contributed by atoms with van der Waals surface area (Å²) < 4.78 is 0. The third kappa shape index (κ3) is 3.17. The van der Waals surface area contributed by atoms with Crippen LogP contribution < -0.4 is 16.2 Å². The number of fused-ring (bicyclic) bond motifs is 1. The third-order valence-corrected chi connectivity index (χ3v) is 4.04. The Morgan fingerprint density at radius 3 is 2.76 bits per heavy atom. The lowest BCUT2D eigenvalue weighted by Crippen LogP contribution is -2.29. The topological polar surface area (TPSA) is 70.2 Å². The predicted octanol–water partition coefficient (Wildman–Crippen LogP) is 2.49. The van der Waals surface area contributed by atoms with Gasteiger partial charge < -0.3 is 5.32 Å². The molecule has 2 amide bonds. The number of amides is 2. The summed E-state index contributed by atoms with van der Waals surface area (Å²) in [5, 5.41) is 2.77. The molecule has 1 heterocycles. The molecule has 1 aliphatic heterocycles. The van der Waals surface area contributed by atoms with Crippen LogP contribution in [-0.2, 0) is 4.79 Å². The molecule has 0 saturated carbocycles. The van der Waals surface area contributed by atoms with Gasteiger partial charge in [0, 0.05) is 10.5 Å². The fraction of sp³-hybridized carbons (Fsp3) is 0.0667. The van der Waals surface area contributed by atoms with E-state index in [-0.39, 0.29) is 11.8 Å². The van der Waals surface area contributed by atoms with Gasteiger partial charge in [-0.3, -0.25) is 20.4 Å². The van der Waals surface area contributed by atoms with E-state index in [4.69, 9.17) is 0 Å². The molecule has 0 fully saturated rings. The van der Waals surface area contributed by atoms with Crippen molar-refractivity contribution in [3.8, 4) is 0 Å². The van der Waals surface area contributed by atoms with E-state index in [9.17, 15) is 9.59 Å². The van der Waals surface area contributed by atoms with Crippen LogP contribution in [0.2, 0.25) is 0 Å². The first-order valence-corrected chi connectivity index (χ1v) is 7.39. The summed E-state index contributed by atoms with van der Waals surface area (Å²) in [6.07, 6.45) is 0. The van der Waals surface area contributed by atoms with Crippen LogP contribution >= 0.6 is 11.8 Å². The van der Waals surface area contributed by atoms with Crippen LogP contribution in [0.1, 0.15) is 10.4 Å². The summed E-state index contributed by atoms with van der Waals surface area (Å²) in [7, 11) is 0. The number of thioether (sulfide) groups is 1. The number of carbonyl (C=O) groups excluding carboxylic acids is 2. The van der Waals surface area contributed by atoms with Gasteiger partial charge in [0.05, 0.1) is 17.1 Å². The first kappa shape index (κ1) is 13.5. The number of rotatable bonds is 3. The van der Waals surface area contributed by atoms with Crippen molar-refractivity contribution >= 4 is 35.0 Å². The molecular weight excluding hydrogens is 286 g/mol. The minimum atomic E-state index is -0.258. The van der Waals surface area contributed by atoms with E-state index >= 15 is 0 Å². The first-order valence-electron chi connectivity index (χ1n) is 6.40. The predicted molar refractivity (Wildman–Crippen MR) is 83.3 cm³/mol. The van der Waals surface area contributed by atoms with E-state index in [1.807, 2.05) is 36.4 Å². The average molecular weight is 299 g/mol. The molecule has 1 aliphatic rings. The first-order chi connectivity index (χ1) is 10.2. The Balaban J connectivity index is 1.70. The fourth-order valence-electron chi connectivity index (χ4n) is 1.95. The zero-order valence-electron chi connectivity index (χ0n) is 11.1. The van der Waals surface area contributed by atoms with E-state index in [1.54, 1.807) is 12.1 Å². The molecule has 0 aromatic heterocycles. The lowest BCUT2D eigenvalue weighted by molar-refractivity contribution is -0.113. The zero-order valence-corrected chi connectivity index (χ0v) is 11.9. The lowest BCUT2D eigenvalue weighted by atomic mass is 10.2. The second-order valence-corrected chi connectivity index (χ2v) is 5.51. The molecule has 2 aromatic carbocycles. The third-order valence-electron chi connectivity index (χ3n) is 2.97. The maximum Gasteiger partial charge on any atom is 0.269 e. The molecule has 0 bridgehead atoms. The van der Waals surface area contributed by atoms with E-state index < -0.39 is 0 Å². The standard InChI is InChI=1S/C15H13N3O2S/c19-14-9-21-13-7-6-10(8-12(13)16-14)15(20)18-17-11-4-2-1-3-5-11/h1-8,17H,9H2,(H,16,19)(H,18,20). The van der Waals surface area contributed by atoms with Crippen molar-refractivity contribution in [3.63, 3.8) is 0 Å². The van der Waals surface area contributed by atoms with E-state index in [0.717, 1.165) is 10.6 Å². The summed E-state index contributed by atoms with van der Waals surface area (Å²) in [6, 6.07) is 14.6. The molecule has 0 aliphatic carbocycles. The Morgan fingerprint density at radius 1 is 1.14 bits per heavy atom. The number of para-hydroxylation sites is 1. The maximum atomic E-state index is 12.1. The Labute approximate surface area is 126 Å². The highest BCUT2D eigenvalue weighted by molar-refractivity contribution is 8.00. The van der Waals surface area contributed by atoms with Crippen molar-refractivity contribution in [3.05, 3.63) is 54.1 Å². The van der Waals surface area contributed by atoms with Crippen LogP contribution in [0.3, 0.4) is 0 Å². The van der Waals surface area contributed by atoms with Gasteiger partial charge >= 0.3 is 0 Å². The number of anilines is 2. The van der Waals surface area contributed by atoms with Gasteiger partial charge in [-0.25, -0.2) is 0 Å². The van der Waals surface area contributed by atoms with Gasteiger partial charge in [0.1, 0.15) is 0 Å². The molecule has 0 saturated heterocycles. The summed E-state index contributed by atoms with van der Waals surface area (Å²) in [6.45, 7) is 0. The number of hydrogen-bond acceptors (Lipinski definition) is 4. The van der Waals surface area contributed by atoms with Crippen LogP contribution in [0.25, 0.3) is 0 Å². The Morgan fingerprint density at radius 2 is 1.95 bits per heavy atom. The smallest absolute Gasteiger partial charge is 0.269 e. The van der Waals surface area contributed by atoms with E-state index in [0.29, 0.717) is 17.0 Å². The van der Waals surface area contributed by atoms with Gasteiger partial charge in [-0.15, -0.1) is 11.8 Å². The quantitative estimate of drug-likeness (QED) is 0.762. The van der Waals surface area contributed by atoms with Crippen molar-refractivity contribution in [2.75, 3.05) is 16.5 Å². The summed E-state index contributed by atoms with van der Waals surface area (Å²) in [4.78, 5) is 24.4. The summed E-state index contributed by atoms with van der Waals surface area (Å²) in [5.74, 6) is 0.104. The SMILES string of the molecule is O=C1CSc2ccc(C(=O)NNc3ccccc3)cc2N1. The zero-order chi connectivity index (χ0) is 14.7. The van der Waals surface area contributed by atoms with Gasteiger partial charge in [-0.1, -0.05) is 18.2 Å². The summed E-state index contributed by atoms with van der Waals surface area (Å²) in [5.41, 5.74) is 7.43. The monoisotopic (exact) mass is 299 g/mol. The number of hydrogen-bond donors (Lipinski definition) is 3. The molecule has 0 radical (unpaired) electrons. The molecule has 0 unspecified atom stereocenters. The maximum absolute atomic E-state index is 12.1. The molecule has 0 spiro atoms. The molecular formula is C15H13N3O2S. The highest BCUT2D eigenvalue weighted by atomic mass is 32.2. The van der Waals surface area contributed by atoms with E-state index in [2.05, 4.69) is 16.2 Å². The molecule has 2 aromatic rings. The number of carbonyl (C=O) groups is 2. The van der Waals surface area contributed by atoms with Crippen molar-refractivity contribution in [1.82, 2.24) is 5.43 Å². The minimum Gasteiger partial charge on any atom is -0.324 e. The fourth-order valence-corrected chi connectivity index (χ4v) is 2.74. The molecule has 6 heteroatoms. The second kappa shape index (κ2) is 5.88. The van der Waals surface area contributed by atoms with Gasteiger partial charge in [0.25, 0.3) is 5.91 Å². The Hall–Kier alpha value is -2.47. The highest BCUT2D eigenvalue weighted by Crippen LogP contribution is 2.31. The van der Waals surface area contributed by atoms with Crippen molar-refractivity contribution in [2.24, 2.45) is 0 Å². The average Bonchev–Trinajstić information content (AvgIpc) is 2.53. The van der Waals surface area contributed by atoms with Crippen LogP contribution in [0.5, 0.6) is 0 Å². The minimum absolute atomic E-state index is 0.0486. The van der Waals surface area contributed by atoms with Gasteiger partial charge in [-0.2, -0.15) is 0 Å². The van der Waals surface area contributed by atoms with Gasteiger partial charge in [0.15, 0.2) is 0 Å². The van der Waals surface area contributed by atoms with Crippen molar-refractivity contribution in [1.29, 1.82) is 0 Å². The van der Waals surface area contributed by atoms with Crippen molar-refractivity contribution in [2.45, 2.75) is 4.90 Å². The molecule has 21 heavy (non-hydrogen) atoms. The van der Waals surface area contributed by atoms with Crippen LogP contribution in [0.15, 0.2) is 53.4 Å². The van der Waals surface area contributed by atoms with Crippen molar-refractivity contribution < 1.29 is 9.59 Å². The number of nitrogens with one attached hydrogen (secondary N) is 3. The molecule has 3 rings (SSSR count). The van der Waals surface area contributed by atoms with Crippen LogP contribution in [-0.4, -0.2) is 17.6 Å². The molecule has 5 nitrogen and oxygen atoms in total. The molecule has 3 N–H and O–H groups in total. The normalized spacial score (nSPS) is 13.0. The Bertz CT molecular complexity index is 689. The highest BCUT2D eigenvalue weighted by Gasteiger charge is 2.17. The van der Waals surface area contributed by atoms with Crippen LogP contribution in [0, 0.1) is 0 Å². The Kier molecular flexibility index (Phi) is 3.79. The summed E-state index contributed by atoms with van der Waals surface area (Å²) >= 11 is 1.47. The molecule has 0 atom stereocenters. The number of hydrazine groups is 1.